The van der Waals surface area contributed by atoms with Crippen LogP contribution in [-0.2, 0) is 11.3 Å². The molecule has 116 valence electrons. The van der Waals surface area contributed by atoms with Gasteiger partial charge in [0, 0.05) is 12.6 Å². The maximum absolute atomic E-state index is 11.7. The van der Waals surface area contributed by atoms with E-state index in [4.69, 9.17) is 21.1 Å². The van der Waals surface area contributed by atoms with Crippen LogP contribution in [0.15, 0.2) is 12.1 Å². The Labute approximate surface area is 130 Å². The molecule has 0 heterocycles. The second kappa shape index (κ2) is 7.52. The quantitative estimate of drug-likeness (QED) is 0.772. The molecule has 6 heteroatoms. The van der Waals surface area contributed by atoms with Crippen molar-refractivity contribution >= 4 is 17.5 Å². The van der Waals surface area contributed by atoms with E-state index < -0.39 is 0 Å². The average Bonchev–Trinajstić information content (AvgIpc) is 3.27. The van der Waals surface area contributed by atoms with Crippen molar-refractivity contribution in [2.45, 2.75) is 32.4 Å². The van der Waals surface area contributed by atoms with Crippen LogP contribution in [0.25, 0.3) is 0 Å². The first-order valence-electron chi connectivity index (χ1n) is 7.13. The maximum atomic E-state index is 11.7. The molecule has 0 unspecified atom stereocenters. The third-order valence-electron chi connectivity index (χ3n) is 3.16. The highest BCUT2D eigenvalue weighted by molar-refractivity contribution is 6.32. The van der Waals surface area contributed by atoms with Gasteiger partial charge in [-0.2, -0.15) is 0 Å². The number of halogens is 1. The van der Waals surface area contributed by atoms with Gasteiger partial charge in [0.2, 0.25) is 0 Å². The molecule has 0 radical (unpaired) electrons. The lowest BCUT2D eigenvalue weighted by atomic mass is 10.2. The zero-order valence-electron chi connectivity index (χ0n) is 12.4. The summed E-state index contributed by atoms with van der Waals surface area (Å²) in [6.45, 7) is 3.56. The third-order valence-corrected chi connectivity index (χ3v) is 3.44. The lowest BCUT2D eigenvalue weighted by Gasteiger charge is -2.14. The van der Waals surface area contributed by atoms with Gasteiger partial charge in [-0.05, 0) is 37.1 Å². The fourth-order valence-electron chi connectivity index (χ4n) is 1.92. The number of hydrogen-bond acceptors (Lipinski definition) is 4. The van der Waals surface area contributed by atoms with E-state index in [0.29, 0.717) is 29.1 Å². The molecular weight excluding hydrogens is 292 g/mol. The van der Waals surface area contributed by atoms with Crippen LogP contribution >= 0.6 is 11.6 Å². The van der Waals surface area contributed by atoms with E-state index in [2.05, 4.69) is 10.6 Å². The van der Waals surface area contributed by atoms with Gasteiger partial charge in [0.15, 0.2) is 18.1 Å². The van der Waals surface area contributed by atoms with Crippen LogP contribution in [0.3, 0.4) is 0 Å². The Bertz CT molecular complexity index is 504. The van der Waals surface area contributed by atoms with Crippen molar-refractivity contribution in [1.29, 1.82) is 0 Å². The van der Waals surface area contributed by atoms with Crippen LogP contribution in [0.5, 0.6) is 11.5 Å². The number of hydrogen-bond donors (Lipinski definition) is 2. The Balaban J connectivity index is 2.01. The molecule has 1 aromatic carbocycles. The van der Waals surface area contributed by atoms with Gasteiger partial charge < -0.3 is 20.1 Å². The normalized spacial score (nSPS) is 13.9. The molecule has 0 saturated heterocycles. The van der Waals surface area contributed by atoms with Crippen LogP contribution in [0, 0.1) is 0 Å². The van der Waals surface area contributed by atoms with Crippen molar-refractivity contribution in [1.82, 2.24) is 10.6 Å². The minimum absolute atomic E-state index is 0.0564. The van der Waals surface area contributed by atoms with E-state index in [9.17, 15) is 4.79 Å². The second-order valence-electron chi connectivity index (χ2n) is 5.02. The summed E-state index contributed by atoms with van der Waals surface area (Å²) in [5, 5.41) is 6.53. The Morgan fingerprint density at radius 2 is 2.19 bits per heavy atom. The first-order chi connectivity index (χ1) is 10.1. The highest BCUT2D eigenvalue weighted by Gasteiger charge is 2.23. The standard InChI is InChI=1S/C15H21ClN2O3/c1-3-17-8-10-6-12(16)15(13(7-10)20-2)21-9-14(19)18-11-4-5-11/h6-7,11,17H,3-5,8-9H2,1-2H3,(H,18,19). The Morgan fingerprint density at radius 3 is 2.81 bits per heavy atom. The molecule has 0 aliphatic heterocycles. The molecule has 2 rings (SSSR count). The summed E-state index contributed by atoms with van der Waals surface area (Å²) < 4.78 is 10.8. The Morgan fingerprint density at radius 1 is 1.43 bits per heavy atom. The second-order valence-corrected chi connectivity index (χ2v) is 5.43. The highest BCUT2D eigenvalue weighted by Crippen LogP contribution is 2.36. The third kappa shape index (κ3) is 4.79. The number of rotatable bonds is 8. The smallest absolute Gasteiger partial charge is 0.258 e. The minimum atomic E-state index is -0.132. The summed E-state index contributed by atoms with van der Waals surface area (Å²) in [6, 6.07) is 4.00. The zero-order valence-corrected chi connectivity index (χ0v) is 13.1. The lowest BCUT2D eigenvalue weighted by Crippen LogP contribution is -2.30. The Kier molecular flexibility index (Phi) is 5.70. The van der Waals surface area contributed by atoms with Gasteiger partial charge in [0.1, 0.15) is 0 Å². The van der Waals surface area contributed by atoms with Crippen molar-refractivity contribution in [2.24, 2.45) is 0 Å². The largest absolute Gasteiger partial charge is 0.493 e. The van der Waals surface area contributed by atoms with Crippen LogP contribution < -0.4 is 20.1 Å². The van der Waals surface area contributed by atoms with Gasteiger partial charge in [-0.15, -0.1) is 0 Å². The molecule has 0 spiro atoms. The first-order valence-corrected chi connectivity index (χ1v) is 7.51. The Hall–Kier alpha value is -1.46. The lowest BCUT2D eigenvalue weighted by molar-refractivity contribution is -0.123. The van der Waals surface area contributed by atoms with Gasteiger partial charge in [0.25, 0.3) is 5.91 Å². The summed E-state index contributed by atoms with van der Waals surface area (Å²) in [7, 11) is 1.56. The van der Waals surface area contributed by atoms with Gasteiger partial charge >= 0.3 is 0 Å². The SMILES string of the molecule is CCNCc1cc(Cl)c(OCC(=O)NC2CC2)c(OC)c1. The predicted octanol–water partition coefficient (Wildman–Crippen LogP) is 2.12. The summed E-state index contributed by atoms with van der Waals surface area (Å²) in [5.41, 5.74) is 1.01. The van der Waals surface area contributed by atoms with Crippen LogP contribution in [0.4, 0.5) is 0 Å². The molecule has 0 aromatic heterocycles. The number of nitrogens with one attached hydrogen (secondary N) is 2. The molecule has 21 heavy (non-hydrogen) atoms. The molecule has 1 aliphatic carbocycles. The fourth-order valence-corrected chi connectivity index (χ4v) is 2.21. The number of carbonyl (C=O) groups is 1. The van der Waals surface area contributed by atoms with Crippen molar-refractivity contribution in [3.63, 3.8) is 0 Å². The summed E-state index contributed by atoms with van der Waals surface area (Å²) in [5.74, 6) is 0.812. The maximum Gasteiger partial charge on any atom is 0.258 e. The monoisotopic (exact) mass is 312 g/mol. The van der Waals surface area contributed by atoms with Gasteiger partial charge in [-0.3, -0.25) is 4.79 Å². The molecule has 1 aliphatic rings. The minimum Gasteiger partial charge on any atom is -0.493 e. The van der Waals surface area contributed by atoms with E-state index in [0.717, 1.165) is 24.9 Å². The van der Waals surface area contributed by atoms with Crippen LogP contribution in [-0.4, -0.2) is 32.2 Å². The van der Waals surface area contributed by atoms with Crippen molar-refractivity contribution in [3.05, 3.63) is 22.7 Å². The number of carbonyl (C=O) groups excluding carboxylic acids is 1. The number of benzene rings is 1. The van der Waals surface area contributed by atoms with E-state index in [1.807, 2.05) is 19.1 Å². The summed E-state index contributed by atoms with van der Waals surface area (Å²) >= 11 is 6.23. The molecule has 1 saturated carbocycles. The van der Waals surface area contributed by atoms with E-state index >= 15 is 0 Å². The van der Waals surface area contributed by atoms with Crippen LogP contribution in [0.1, 0.15) is 25.3 Å². The molecule has 0 atom stereocenters. The fraction of sp³-hybridized carbons (Fsp3) is 0.533. The van der Waals surface area contributed by atoms with Gasteiger partial charge in [-0.25, -0.2) is 0 Å². The van der Waals surface area contributed by atoms with Gasteiger partial charge in [-0.1, -0.05) is 18.5 Å². The number of methoxy groups -OCH3 is 1. The molecular formula is C15H21ClN2O3. The number of ether oxygens (including phenoxy) is 2. The first kappa shape index (κ1) is 15.9. The molecule has 0 bridgehead atoms. The molecule has 1 amide bonds. The highest BCUT2D eigenvalue weighted by atomic mass is 35.5. The topological polar surface area (TPSA) is 59.6 Å². The van der Waals surface area contributed by atoms with Crippen molar-refractivity contribution < 1.29 is 14.3 Å². The van der Waals surface area contributed by atoms with Crippen molar-refractivity contribution in [3.8, 4) is 11.5 Å². The number of amides is 1. The van der Waals surface area contributed by atoms with Gasteiger partial charge in [0.05, 0.1) is 12.1 Å². The van der Waals surface area contributed by atoms with Crippen molar-refractivity contribution in [2.75, 3.05) is 20.3 Å². The summed E-state index contributed by atoms with van der Waals surface area (Å²) in [4.78, 5) is 11.7. The summed E-state index contributed by atoms with van der Waals surface area (Å²) in [6.07, 6.45) is 2.10. The zero-order chi connectivity index (χ0) is 15.2. The molecule has 5 nitrogen and oxygen atoms in total. The molecule has 1 fully saturated rings. The van der Waals surface area contributed by atoms with E-state index in [-0.39, 0.29) is 12.5 Å². The van der Waals surface area contributed by atoms with E-state index in [1.165, 1.54) is 0 Å². The average molecular weight is 313 g/mol. The molecule has 2 N–H and O–H groups in total. The predicted molar refractivity (Wildman–Crippen MR) is 82.0 cm³/mol. The van der Waals surface area contributed by atoms with E-state index in [1.54, 1.807) is 7.11 Å². The van der Waals surface area contributed by atoms with Crippen LogP contribution in [0.2, 0.25) is 5.02 Å². The molecule has 1 aromatic rings.